The summed E-state index contributed by atoms with van der Waals surface area (Å²) in [5, 5.41) is 8.86. The van der Waals surface area contributed by atoms with E-state index in [0.29, 0.717) is 11.1 Å². The van der Waals surface area contributed by atoms with Crippen LogP contribution in [0.5, 0.6) is 5.75 Å². The van der Waals surface area contributed by atoms with Crippen molar-refractivity contribution in [2.75, 3.05) is 6.61 Å². The van der Waals surface area contributed by atoms with Gasteiger partial charge in [-0.2, -0.15) is 5.26 Å². The number of ketones is 1. The number of unbranched alkanes of at least 4 members (excludes halogenated alkanes) is 15. The molecule has 0 saturated heterocycles. The normalized spacial score (nSPS) is 11.0. The fourth-order valence-corrected chi connectivity index (χ4v) is 4.49. The molecule has 0 radical (unpaired) electrons. The molecule has 0 aromatic heterocycles. The van der Waals surface area contributed by atoms with Crippen molar-refractivity contribution >= 4 is 11.9 Å². The van der Waals surface area contributed by atoms with Crippen LogP contribution in [0.1, 0.15) is 131 Å². The molecule has 0 saturated carbocycles. The van der Waals surface area contributed by atoms with Crippen LogP contribution in [0.2, 0.25) is 0 Å². The molecular weight excluding hydrogens is 454 g/mol. The van der Waals surface area contributed by atoms with E-state index in [4.69, 9.17) is 10.00 Å². The van der Waals surface area contributed by atoms with Crippen molar-refractivity contribution in [1.29, 1.82) is 5.26 Å². The number of ether oxygens (including phenoxy) is 1. The first kappa shape index (κ1) is 30.4. The van der Waals surface area contributed by atoms with Gasteiger partial charge in [-0.1, -0.05) is 121 Å². The Bertz CT molecular complexity index is 922. The van der Waals surface area contributed by atoms with Crippen LogP contribution in [0.25, 0.3) is 6.08 Å². The van der Waals surface area contributed by atoms with Crippen LogP contribution in [-0.4, -0.2) is 12.4 Å². The highest BCUT2D eigenvalue weighted by molar-refractivity contribution is 6.06. The summed E-state index contributed by atoms with van der Waals surface area (Å²) in [7, 11) is 0. The van der Waals surface area contributed by atoms with E-state index < -0.39 is 0 Å². The zero-order chi connectivity index (χ0) is 26.4. The largest absolute Gasteiger partial charge is 0.494 e. The number of carbonyl (C=O) groups is 1. The molecule has 0 N–H and O–H groups in total. The topological polar surface area (TPSA) is 50.1 Å². The summed E-state index contributed by atoms with van der Waals surface area (Å²) in [5.74, 6) is 0.766. The third kappa shape index (κ3) is 14.5. The van der Waals surface area contributed by atoms with E-state index in [2.05, 4.69) is 13.0 Å². The summed E-state index contributed by atoms with van der Waals surface area (Å²) < 4.78 is 5.86. The average Bonchev–Trinajstić information content (AvgIpc) is 2.94. The fourth-order valence-electron chi connectivity index (χ4n) is 4.49. The first-order chi connectivity index (χ1) is 18.2. The summed E-state index contributed by atoms with van der Waals surface area (Å²) >= 11 is 0. The Balaban J connectivity index is 1.44. The van der Waals surface area contributed by atoms with Gasteiger partial charge in [-0.25, -0.2) is 0 Å². The van der Waals surface area contributed by atoms with Gasteiger partial charge >= 0.3 is 0 Å². The van der Waals surface area contributed by atoms with Crippen LogP contribution in [0.4, 0.5) is 0 Å². The monoisotopic (exact) mass is 501 g/mol. The number of nitriles is 1. The molecular formula is C34H47NO2. The third-order valence-corrected chi connectivity index (χ3v) is 6.87. The zero-order valence-corrected chi connectivity index (χ0v) is 23.1. The van der Waals surface area contributed by atoms with E-state index >= 15 is 0 Å². The van der Waals surface area contributed by atoms with Crippen LogP contribution in [-0.2, 0) is 0 Å². The van der Waals surface area contributed by atoms with E-state index in [1.165, 1.54) is 96.3 Å². The fraction of sp³-hybridized carbons (Fsp3) is 0.529. The van der Waals surface area contributed by atoms with Crippen LogP contribution in [0.15, 0.2) is 54.6 Å². The molecule has 0 aliphatic heterocycles. The predicted molar refractivity (Wildman–Crippen MR) is 156 cm³/mol. The molecule has 0 amide bonds. The van der Waals surface area contributed by atoms with Crippen molar-refractivity contribution in [3.05, 3.63) is 71.3 Å². The van der Waals surface area contributed by atoms with E-state index in [9.17, 15) is 4.79 Å². The zero-order valence-electron chi connectivity index (χ0n) is 23.1. The lowest BCUT2D eigenvalue weighted by molar-refractivity contribution is 0.104. The minimum atomic E-state index is -0.0475. The number of carbonyl (C=O) groups excluding carboxylic acids is 1. The highest BCUT2D eigenvalue weighted by Crippen LogP contribution is 2.16. The number of allylic oxidation sites excluding steroid dienone is 1. The molecule has 2 aromatic rings. The summed E-state index contributed by atoms with van der Waals surface area (Å²) in [4.78, 5) is 12.4. The second-order valence-corrected chi connectivity index (χ2v) is 10.1. The molecule has 0 bridgehead atoms. The number of hydrogen-bond donors (Lipinski definition) is 0. The molecule has 0 heterocycles. The average molecular weight is 502 g/mol. The molecule has 0 aliphatic carbocycles. The molecule has 0 spiro atoms. The van der Waals surface area contributed by atoms with Crippen molar-refractivity contribution in [1.82, 2.24) is 0 Å². The molecule has 0 unspecified atom stereocenters. The van der Waals surface area contributed by atoms with E-state index in [0.717, 1.165) is 24.3 Å². The van der Waals surface area contributed by atoms with Crippen LogP contribution < -0.4 is 4.74 Å². The molecule has 0 atom stereocenters. The lowest BCUT2D eigenvalue weighted by Crippen LogP contribution is -1.99. The Labute approximate surface area is 225 Å². The molecule has 2 rings (SSSR count). The van der Waals surface area contributed by atoms with Crippen molar-refractivity contribution in [2.24, 2.45) is 0 Å². The number of rotatable bonds is 21. The van der Waals surface area contributed by atoms with Crippen LogP contribution in [0, 0.1) is 11.3 Å². The SMILES string of the molecule is CCCCCCCCCCCCCCCCCCOc1ccc(C(=O)C=Cc2ccc(C#N)cc2)cc1. The Morgan fingerprint density at radius 3 is 1.68 bits per heavy atom. The van der Waals surface area contributed by atoms with Gasteiger partial charge in [-0.15, -0.1) is 0 Å². The smallest absolute Gasteiger partial charge is 0.185 e. The quantitative estimate of drug-likeness (QED) is 0.0971. The van der Waals surface area contributed by atoms with E-state index in [1.54, 1.807) is 24.3 Å². The highest BCUT2D eigenvalue weighted by Gasteiger charge is 2.03. The van der Waals surface area contributed by atoms with Gasteiger partial charge in [0.05, 0.1) is 18.2 Å². The van der Waals surface area contributed by atoms with E-state index in [-0.39, 0.29) is 5.78 Å². The Hall–Kier alpha value is -2.86. The van der Waals surface area contributed by atoms with Gasteiger partial charge in [0, 0.05) is 5.56 Å². The Morgan fingerprint density at radius 2 is 1.19 bits per heavy atom. The highest BCUT2D eigenvalue weighted by atomic mass is 16.5. The predicted octanol–water partition coefficient (Wildman–Crippen LogP) is 10.1. The van der Waals surface area contributed by atoms with E-state index in [1.807, 2.05) is 36.4 Å². The molecule has 2 aromatic carbocycles. The number of benzene rings is 2. The summed E-state index contributed by atoms with van der Waals surface area (Å²) in [5.41, 5.74) is 2.14. The van der Waals surface area contributed by atoms with Crippen molar-refractivity contribution in [3.8, 4) is 11.8 Å². The molecule has 0 fully saturated rings. The molecule has 200 valence electrons. The van der Waals surface area contributed by atoms with Gasteiger partial charge in [0.15, 0.2) is 5.78 Å². The lowest BCUT2D eigenvalue weighted by Gasteiger charge is -2.07. The minimum absolute atomic E-state index is 0.0475. The third-order valence-electron chi connectivity index (χ3n) is 6.87. The van der Waals surface area contributed by atoms with Gasteiger partial charge in [-0.05, 0) is 54.5 Å². The second-order valence-electron chi connectivity index (χ2n) is 10.1. The maximum absolute atomic E-state index is 12.4. The van der Waals surface area contributed by atoms with Gasteiger partial charge < -0.3 is 4.74 Å². The van der Waals surface area contributed by atoms with Gasteiger partial charge in [-0.3, -0.25) is 4.79 Å². The maximum atomic E-state index is 12.4. The van der Waals surface area contributed by atoms with Gasteiger partial charge in [0.1, 0.15) is 5.75 Å². The number of hydrogen-bond acceptors (Lipinski definition) is 3. The summed E-state index contributed by atoms with van der Waals surface area (Å²) in [6.45, 7) is 3.01. The molecule has 3 heteroatoms. The number of nitrogens with zero attached hydrogens (tertiary/aromatic N) is 1. The van der Waals surface area contributed by atoms with Crippen LogP contribution in [0.3, 0.4) is 0 Å². The standard InChI is InChI=1S/C34H47NO2/c1-2-3-4-5-6-7-8-9-10-11-12-13-14-15-16-17-28-37-33-25-23-32(24-26-33)34(36)27-22-30-18-20-31(29-35)21-19-30/h18-27H,2-17,28H2,1H3. The molecule has 37 heavy (non-hydrogen) atoms. The lowest BCUT2D eigenvalue weighted by atomic mass is 10.0. The molecule has 0 aliphatic rings. The second kappa shape index (κ2) is 20.2. The van der Waals surface area contributed by atoms with Crippen LogP contribution >= 0.6 is 0 Å². The summed E-state index contributed by atoms with van der Waals surface area (Å²) in [6, 6.07) is 16.6. The first-order valence-electron chi connectivity index (χ1n) is 14.7. The summed E-state index contributed by atoms with van der Waals surface area (Å²) in [6.07, 6.45) is 25.2. The first-order valence-corrected chi connectivity index (χ1v) is 14.7. The Morgan fingerprint density at radius 1 is 0.703 bits per heavy atom. The minimum Gasteiger partial charge on any atom is -0.494 e. The van der Waals surface area contributed by atoms with Crippen molar-refractivity contribution < 1.29 is 9.53 Å². The Kier molecular flexibility index (Phi) is 16.6. The van der Waals surface area contributed by atoms with Gasteiger partial charge in [0.2, 0.25) is 0 Å². The van der Waals surface area contributed by atoms with Gasteiger partial charge in [0.25, 0.3) is 0 Å². The maximum Gasteiger partial charge on any atom is 0.185 e. The van der Waals surface area contributed by atoms with Crippen molar-refractivity contribution in [2.45, 2.75) is 110 Å². The molecule has 3 nitrogen and oxygen atoms in total. The van der Waals surface area contributed by atoms with Crippen molar-refractivity contribution in [3.63, 3.8) is 0 Å².